The molecule has 0 bridgehead atoms. The second-order valence-corrected chi connectivity index (χ2v) is 3.96. The SMILES string of the molecule is CC(CO)c1cc(Br)ccc1[N+](=O)[O-]. The van der Waals surface area contributed by atoms with Crippen LogP contribution in [0.25, 0.3) is 0 Å². The van der Waals surface area contributed by atoms with Crippen molar-refractivity contribution < 1.29 is 10.0 Å². The largest absolute Gasteiger partial charge is 0.396 e. The first kappa shape index (κ1) is 11.1. The monoisotopic (exact) mass is 259 g/mol. The van der Waals surface area contributed by atoms with Crippen LogP contribution in [-0.4, -0.2) is 16.6 Å². The molecule has 1 aromatic carbocycles. The Morgan fingerprint density at radius 2 is 2.29 bits per heavy atom. The molecule has 1 N–H and O–H groups in total. The summed E-state index contributed by atoms with van der Waals surface area (Å²) in [5.41, 5.74) is 0.599. The highest BCUT2D eigenvalue weighted by Crippen LogP contribution is 2.29. The third kappa shape index (κ3) is 2.30. The van der Waals surface area contributed by atoms with Crippen molar-refractivity contribution in [1.29, 1.82) is 0 Å². The van der Waals surface area contributed by atoms with Crippen LogP contribution in [0.4, 0.5) is 5.69 Å². The molecule has 0 radical (unpaired) electrons. The summed E-state index contributed by atoms with van der Waals surface area (Å²) in [6.45, 7) is 1.64. The summed E-state index contributed by atoms with van der Waals surface area (Å²) in [5.74, 6) is -0.229. The molecule has 0 fully saturated rings. The number of halogens is 1. The molecular weight excluding hydrogens is 250 g/mol. The number of aliphatic hydroxyl groups is 1. The predicted octanol–water partition coefficient (Wildman–Crippen LogP) is 2.45. The van der Waals surface area contributed by atoms with Crippen LogP contribution in [0.1, 0.15) is 18.4 Å². The first-order valence-electron chi connectivity index (χ1n) is 4.11. The van der Waals surface area contributed by atoms with Crippen LogP contribution < -0.4 is 0 Å². The summed E-state index contributed by atoms with van der Waals surface area (Å²) in [4.78, 5) is 10.2. The Morgan fingerprint density at radius 1 is 1.64 bits per heavy atom. The molecule has 0 aliphatic rings. The molecule has 0 aromatic heterocycles. The Bertz CT molecular complexity index is 354. The van der Waals surface area contributed by atoms with Gasteiger partial charge in [-0.05, 0) is 12.1 Å². The quantitative estimate of drug-likeness (QED) is 0.670. The van der Waals surface area contributed by atoms with Gasteiger partial charge >= 0.3 is 0 Å². The van der Waals surface area contributed by atoms with E-state index in [9.17, 15) is 10.1 Å². The Kier molecular flexibility index (Phi) is 3.60. The molecule has 0 spiro atoms. The van der Waals surface area contributed by atoms with Crippen molar-refractivity contribution in [3.05, 3.63) is 38.3 Å². The van der Waals surface area contributed by atoms with Gasteiger partial charge in [-0.1, -0.05) is 22.9 Å². The van der Waals surface area contributed by atoms with Gasteiger partial charge in [-0.15, -0.1) is 0 Å². The molecular formula is C9H10BrNO3. The number of aliphatic hydroxyl groups excluding tert-OH is 1. The number of hydrogen-bond acceptors (Lipinski definition) is 3. The standard InChI is InChI=1S/C9H10BrNO3/c1-6(5-12)8-4-7(10)2-3-9(8)11(13)14/h2-4,6,12H,5H2,1H3. The van der Waals surface area contributed by atoms with Crippen LogP contribution in [0.2, 0.25) is 0 Å². The van der Waals surface area contributed by atoms with E-state index in [1.54, 1.807) is 19.1 Å². The molecule has 0 amide bonds. The van der Waals surface area contributed by atoms with Crippen molar-refractivity contribution in [3.8, 4) is 0 Å². The maximum atomic E-state index is 10.7. The van der Waals surface area contributed by atoms with E-state index < -0.39 is 4.92 Å². The summed E-state index contributed by atoms with van der Waals surface area (Å²) >= 11 is 3.24. The van der Waals surface area contributed by atoms with Gasteiger partial charge in [0.1, 0.15) is 0 Å². The molecule has 14 heavy (non-hydrogen) atoms. The van der Waals surface area contributed by atoms with E-state index in [-0.39, 0.29) is 18.2 Å². The van der Waals surface area contributed by atoms with E-state index in [0.29, 0.717) is 5.56 Å². The van der Waals surface area contributed by atoms with Gasteiger partial charge in [-0.25, -0.2) is 0 Å². The van der Waals surface area contributed by atoms with Crippen LogP contribution in [-0.2, 0) is 0 Å². The lowest BCUT2D eigenvalue weighted by Crippen LogP contribution is -2.03. The van der Waals surface area contributed by atoms with Crippen molar-refractivity contribution in [3.63, 3.8) is 0 Å². The van der Waals surface area contributed by atoms with Gasteiger partial charge in [0.05, 0.1) is 4.92 Å². The van der Waals surface area contributed by atoms with Gasteiger partial charge in [0.2, 0.25) is 0 Å². The predicted molar refractivity (Wildman–Crippen MR) is 56.3 cm³/mol. The fourth-order valence-corrected chi connectivity index (χ4v) is 1.56. The first-order chi connectivity index (χ1) is 6.56. The van der Waals surface area contributed by atoms with Gasteiger partial charge in [0.15, 0.2) is 0 Å². The lowest BCUT2D eigenvalue weighted by molar-refractivity contribution is -0.385. The Labute approximate surface area is 89.8 Å². The third-order valence-electron chi connectivity index (χ3n) is 1.99. The van der Waals surface area contributed by atoms with Gasteiger partial charge in [0.25, 0.3) is 5.69 Å². The molecule has 1 rings (SSSR count). The van der Waals surface area contributed by atoms with Crippen LogP contribution in [0, 0.1) is 10.1 Å². The molecule has 4 nitrogen and oxygen atoms in total. The summed E-state index contributed by atoms with van der Waals surface area (Å²) < 4.78 is 0.776. The summed E-state index contributed by atoms with van der Waals surface area (Å²) in [7, 11) is 0. The third-order valence-corrected chi connectivity index (χ3v) is 2.48. The smallest absolute Gasteiger partial charge is 0.273 e. The number of hydrogen-bond donors (Lipinski definition) is 1. The van der Waals surface area contributed by atoms with Gasteiger partial charge in [0, 0.05) is 28.6 Å². The summed E-state index contributed by atoms with van der Waals surface area (Å²) in [6.07, 6.45) is 0. The molecule has 1 aromatic rings. The zero-order chi connectivity index (χ0) is 10.7. The average molecular weight is 260 g/mol. The molecule has 1 atom stereocenters. The summed E-state index contributed by atoms with van der Waals surface area (Å²) in [6, 6.07) is 4.72. The van der Waals surface area contributed by atoms with Crippen LogP contribution in [0.15, 0.2) is 22.7 Å². The molecule has 0 aliphatic heterocycles. The van der Waals surface area contributed by atoms with E-state index in [1.807, 2.05) is 0 Å². The molecule has 0 saturated carbocycles. The lowest BCUT2D eigenvalue weighted by Gasteiger charge is -2.08. The number of benzene rings is 1. The maximum absolute atomic E-state index is 10.7. The van der Waals surface area contributed by atoms with E-state index in [4.69, 9.17) is 5.11 Å². The van der Waals surface area contributed by atoms with Crippen molar-refractivity contribution in [2.45, 2.75) is 12.8 Å². The first-order valence-corrected chi connectivity index (χ1v) is 4.90. The Hall–Kier alpha value is -0.940. The molecule has 76 valence electrons. The minimum atomic E-state index is -0.437. The van der Waals surface area contributed by atoms with Crippen LogP contribution in [0.3, 0.4) is 0 Å². The Balaban J connectivity index is 3.22. The molecule has 5 heteroatoms. The fraction of sp³-hybridized carbons (Fsp3) is 0.333. The highest BCUT2D eigenvalue weighted by molar-refractivity contribution is 9.10. The second-order valence-electron chi connectivity index (χ2n) is 3.04. The van der Waals surface area contributed by atoms with Crippen molar-refractivity contribution in [2.24, 2.45) is 0 Å². The zero-order valence-corrected chi connectivity index (χ0v) is 9.19. The second kappa shape index (κ2) is 4.52. The van der Waals surface area contributed by atoms with Crippen molar-refractivity contribution in [2.75, 3.05) is 6.61 Å². The number of nitro groups is 1. The number of nitrogens with zero attached hydrogens (tertiary/aromatic N) is 1. The highest BCUT2D eigenvalue weighted by Gasteiger charge is 2.18. The van der Waals surface area contributed by atoms with Crippen LogP contribution >= 0.6 is 15.9 Å². The minimum absolute atomic E-state index is 0.0507. The topological polar surface area (TPSA) is 63.4 Å². The van der Waals surface area contributed by atoms with Crippen molar-refractivity contribution in [1.82, 2.24) is 0 Å². The molecule has 0 aliphatic carbocycles. The molecule has 0 saturated heterocycles. The van der Waals surface area contributed by atoms with Crippen molar-refractivity contribution >= 4 is 21.6 Å². The minimum Gasteiger partial charge on any atom is -0.396 e. The normalized spacial score (nSPS) is 12.5. The Morgan fingerprint density at radius 3 is 2.79 bits per heavy atom. The molecule has 0 heterocycles. The van der Waals surface area contributed by atoms with Gasteiger partial charge in [-0.2, -0.15) is 0 Å². The molecule has 1 unspecified atom stereocenters. The zero-order valence-electron chi connectivity index (χ0n) is 7.61. The van der Waals surface area contributed by atoms with E-state index in [2.05, 4.69) is 15.9 Å². The van der Waals surface area contributed by atoms with E-state index in [0.717, 1.165) is 4.47 Å². The van der Waals surface area contributed by atoms with E-state index in [1.165, 1.54) is 6.07 Å². The highest BCUT2D eigenvalue weighted by atomic mass is 79.9. The number of nitro benzene ring substituents is 1. The average Bonchev–Trinajstić information content (AvgIpc) is 2.16. The fourth-order valence-electron chi connectivity index (χ4n) is 1.18. The van der Waals surface area contributed by atoms with Crippen LogP contribution in [0.5, 0.6) is 0 Å². The lowest BCUT2D eigenvalue weighted by atomic mass is 10.0. The van der Waals surface area contributed by atoms with E-state index >= 15 is 0 Å². The van der Waals surface area contributed by atoms with Gasteiger partial charge in [-0.3, -0.25) is 10.1 Å². The van der Waals surface area contributed by atoms with Gasteiger partial charge < -0.3 is 5.11 Å². The maximum Gasteiger partial charge on any atom is 0.273 e. The summed E-state index contributed by atoms with van der Waals surface area (Å²) in [5, 5.41) is 19.6. The number of rotatable bonds is 3.